The summed E-state index contributed by atoms with van der Waals surface area (Å²) in [5.41, 5.74) is 1.73. The van der Waals surface area contributed by atoms with Crippen LogP contribution in [0.2, 0.25) is 0 Å². The van der Waals surface area contributed by atoms with Crippen molar-refractivity contribution in [2.24, 2.45) is 4.99 Å². The maximum atomic E-state index is 8.93. The highest BCUT2D eigenvalue weighted by molar-refractivity contribution is 6.58. The molecule has 88 valence electrons. The van der Waals surface area contributed by atoms with E-state index in [1.165, 1.54) is 5.57 Å². The van der Waals surface area contributed by atoms with Crippen molar-refractivity contribution in [3.05, 3.63) is 35.9 Å². The lowest BCUT2D eigenvalue weighted by Crippen LogP contribution is -2.29. The summed E-state index contributed by atoms with van der Waals surface area (Å²) in [6.45, 7) is 1.38. The largest absolute Gasteiger partial charge is 0.493 e. The first-order chi connectivity index (χ1) is 8.25. The van der Waals surface area contributed by atoms with Crippen molar-refractivity contribution in [3.63, 3.8) is 0 Å². The maximum Gasteiger partial charge on any atom is 0.488 e. The number of nitrogens with zero attached hydrogens (tertiary/aromatic N) is 1. The summed E-state index contributed by atoms with van der Waals surface area (Å²) in [6.07, 6.45) is 4.69. The minimum atomic E-state index is -1.43. The molecule has 0 bridgehead atoms. The lowest BCUT2D eigenvalue weighted by Gasteiger charge is -2.07. The van der Waals surface area contributed by atoms with Crippen LogP contribution in [-0.4, -0.2) is 36.5 Å². The Morgan fingerprint density at radius 1 is 1.24 bits per heavy atom. The predicted octanol–water partition coefficient (Wildman–Crippen LogP) is 0.146. The molecular weight excluding hydrogens is 217 g/mol. The van der Waals surface area contributed by atoms with Crippen LogP contribution in [0.1, 0.15) is 6.42 Å². The van der Waals surface area contributed by atoms with Crippen LogP contribution in [0.15, 0.2) is 40.9 Å². The number of benzene rings is 1. The van der Waals surface area contributed by atoms with Gasteiger partial charge in [-0.15, -0.1) is 0 Å². The third-order valence-electron chi connectivity index (χ3n) is 2.58. The van der Waals surface area contributed by atoms with Crippen molar-refractivity contribution in [2.75, 3.05) is 13.2 Å². The fourth-order valence-electron chi connectivity index (χ4n) is 1.58. The second-order valence-corrected chi connectivity index (χ2v) is 3.86. The van der Waals surface area contributed by atoms with Gasteiger partial charge < -0.3 is 14.8 Å². The molecule has 0 amide bonds. The molecule has 0 spiro atoms. The Kier molecular flexibility index (Phi) is 3.96. The van der Waals surface area contributed by atoms with Gasteiger partial charge in [-0.1, -0.05) is 12.1 Å². The summed E-state index contributed by atoms with van der Waals surface area (Å²) in [7, 11) is -1.43. The van der Waals surface area contributed by atoms with Gasteiger partial charge in [0.15, 0.2) is 0 Å². The minimum absolute atomic E-state index is 0.462. The molecule has 2 rings (SSSR count). The van der Waals surface area contributed by atoms with Crippen molar-refractivity contribution < 1.29 is 14.8 Å². The average Bonchev–Trinajstić information content (AvgIpc) is 2.83. The molecule has 0 aliphatic carbocycles. The highest BCUT2D eigenvalue weighted by Gasteiger charge is 2.09. The van der Waals surface area contributed by atoms with Gasteiger partial charge in [-0.3, -0.25) is 4.99 Å². The Balaban J connectivity index is 1.79. The number of ether oxygens (including phenoxy) is 1. The van der Waals surface area contributed by atoms with Crippen LogP contribution >= 0.6 is 0 Å². The molecule has 0 aromatic heterocycles. The van der Waals surface area contributed by atoms with E-state index in [0.717, 1.165) is 18.7 Å². The van der Waals surface area contributed by atoms with Crippen LogP contribution in [0, 0.1) is 0 Å². The van der Waals surface area contributed by atoms with Gasteiger partial charge in [0.05, 0.1) is 13.2 Å². The van der Waals surface area contributed by atoms with E-state index in [0.29, 0.717) is 12.1 Å². The van der Waals surface area contributed by atoms with E-state index < -0.39 is 7.12 Å². The quantitative estimate of drug-likeness (QED) is 0.709. The summed E-state index contributed by atoms with van der Waals surface area (Å²) in [5, 5.41) is 17.9. The molecule has 0 atom stereocenters. The van der Waals surface area contributed by atoms with Gasteiger partial charge in [-0.2, -0.15) is 0 Å². The van der Waals surface area contributed by atoms with Gasteiger partial charge in [0.2, 0.25) is 0 Å². The van der Waals surface area contributed by atoms with E-state index in [1.807, 2.05) is 12.3 Å². The van der Waals surface area contributed by atoms with Crippen molar-refractivity contribution in [3.8, 4) is 5.75 Å². The second kappa shape index (κ2) is 5.66. The summed E-state index contributed by atoms with van der Waals surface area (Å²) in [4.78, 5) is 4.09. The fraction of sp³-hybridized carbons (Fsp3) is 0.250. The molecule has 0 fully saturated rings. The zero-order chi connectivity index (χ0) is 12.1. The van der Waals surface area contributed by atoms with Crippen molar-refractivity contribution in [1.82, 2.24) is 0 Å². The maximum absolute atomic E-state index is 8.93. The van der Waals surface area contributed by atoms with E-state index in [2.05, 4.69) is 4.99 Å². The van der Waals surface area contributed by atoms with Crippen LogP contribution in [0.4, 0.5) is 0 Å². The summed E-state index contributed by atoms with van der Waals surface area (Å²) < 4.78 is 5.54. The van der Waals surface area contributed by atoms with Gasteiger partial charge >= 0.3 is 7.12 Å². The van der Waals surface area contributed by atoms with E-state index in [1.54, 1.807) is 24.3 Å². The zero-order valence-electron chi connectivity index (χ0n) is 9.41. The molecule has 2 N–H and O–H groups in total. The van der Waals surface area contributed by atoms with Crippen molar-refractivity contribution in [2.45, 2.75) is 6.42 Å². The number of aliphatic imine (C=N–C) groups is 1. The lowest BCUT2D eigenvalue weighted by molar-refractivity contribution is 0.321. The van der Waals surface area contributed by atoms with E-state index in [-0.39, 0.29) is 0 Å². The molecule has 1 aromatic carbocycles. The van der Waals surface area contributed by atoms with Crippen LogP contribution in [-0.2, 0) is 0 Å². The Hall–Kier alpha value is -1.59. The van der Waals surface area contributed by atoms with Gasteiger partial charge in [-0.25, -0.2) is 0 Å². The Morgan fingerprint density at radius 2 is 2.00 bits per heavy atom. The molecule has 1 aliphatic rings. The molecule has 1 aliphatic heterocycles. The third kappa shape index (κ3) is 3.44. The Bertz CT molecular complexity index is 426. The third-order valence-corrected chi connectivity index (χ3v) is 2.58. The molecule has 5 heteroatoms. The first-order valence-electron chi connectivity index (χ1n) is 5.52. The van der Waals surface area contributed by atoms with Crippen molar-refractivity contribution in [1.29, 1.82) is 0 Å². The molecule has 0 saturated heterocycles. The molecule has 17 heavy (non-hydrogen) atoms. The van der Waals surface area contributed by atoms with E-state index >= 15 is 0 Å². The number of hydrogen-bond donors (Lipinski definition) is 2. The SMILES string of the molecule is OB(O)c1ccc(OCCC2=CC=NC2)cc1. The highest BCUT2D eigenvalue weighted by Crippen LogP contribution is 2.11. The summed E-state index contributed by atoms with van der Waals surface area (Å²) in [6, 6.07) is 6.73. The van der Waals surface area contributed by atoms with E-state index in [9.17, 15) is 0 Å². The second-order valence-electron chi connectivity index (χ2n) is 3.86. The van der Waals surface area contributed by atoms with Crippen LogP contribution in [0.5, 0.6) is 5.75 Å². The van der Waals surface area contributed by atoms with Gasteiger partial charge in [0.1, 0.15) is 5.75 Å². The fourth-order valence-corrected chi connectivity index (χ4v) is 1.58. The predicted molar refractivity (Wildman–Crippen MR) is 67.8 cm³/mol. The molecule has 0 radical (unpaired) electrons. The number of rotatable bonds is 5. The first-order valence-corrected chi connectivity index (χ1v) is 5.52. The monoisotopic (exact) mass is 231 g/mol. The Labute approximate surface area is 100 Å². The molecule has 0 saturated carbocycles. The average molecular weight is 231 g/mol. The normalized spacial score (nSPS) is 13.6. The van der Waals surface area contributed by atoms with Gasteiger partial charge in [0, 0.05) is 12.6 Å². The van der Waals surface area contributed by atoms with Crippen LogP contribution < -0.4 is 10.2 Å². The first kappa shape index (κ1) is 11.9. The topological polar surface area (TPSA) is 62.0 Å². The smallest absolute Gasteiger partial charge is 0.488 e. The molecule has 1 aromatic rings. The molecular formula is C12H14BNO3. The Morgan fingerprint density at radius 3 is 2.59 bits per heavy atom. The minimum Gasteiger partial charge on any atom is -0.493 e. The van der Waals surface area contributed by atoms with Crippen LogP contribution in [0.25, 0.3) is 0 Å². The molecule has 4 nitrogen and oxygen atoms in total. The van der Waals surface area contributed by atoms with Gasteiger partial charge in [-0.05, 0) is 29.2 Å². The standard InChI is InChI=1S/C12H14BNO3/c15-13(16)11-1-3-12(4-2-11)17-8-6-10-5-7-14-9-10/h1-5,7,15-16H,6,8-9H2. The molecule has 0 unspecified atom stereocenters. The number of hydrogen-bond acceptors (Lipinski definition) is 4. The molecule has 1 heterocycles. The summed E-state index contributed by atoms with van der Waals surface area (Å²) >= 11 is 0. The van der Waals surface area contributed by atoms with Crippen molar-refractivity contribution >= 4 is 18.8 Å². The summed E-state index contributed by atoms with van der Waals surface area (Å²) in [5.74, 6) is 0.730. The van der Waals surface area contributed by atoms with Crippen LogP contribution in [0.3, 0.4) is 0 Å². The van der Waals surface area contributed by atoms with E-state index in [4.69, 9.17) is 14.8 Å². The number of allylic oxidation sites excluding steroid dienone is 1. The lowest BCUT2D eigenvalue weighted by atomic mass is 9.80. The van der Waals surface area contributed by atoms with Gasteiger partial charge in [0.25, 0.3) is 0 Å². The zero-order valence-corrected chi connectivity index (χ0v) is 9.41. The highest BCUT2D eigenvalue weighted by atomic mass is 16.5.